The highest BCUT2D eigenvalue weighted by atomic mass is 35.5. The minimum absolute atomic E-state index is 0.0754. The number of anilines is 2. The van der Waals surface area contributed by atoms with Gasteiger partial charge in [0.2, 0.25) is 0 Å². The fraction of sp³-hybridized carbons (Fsp3) is 0.111. The number of carbonyl (C=O) groups excluding carboxylic acids is 1. The Morgan fingerprint density at radius 1 is 1.29 bits per heavy atom. The van der Waals surface area contributed by atoms with Gasteiger partial charge in [-0.3, -0.25) is 4.79 Å². The molecule has 1 amide bonds. The van der Waals surface area contributed by atoms with E-state index in [1.807, 2.05) is 26.0 Å². The van der Waals surface area contributed by atoms with E-state index >= 15 is 0 Å². The molecule has 0 saturated carbocycles. The minimum Gasteiger partial charge on any atom is -0.506 e. The Morgan fingerprint density at radius 2 is 2.00 bits per heavy atom. The van der Waals surface area contributed by atoms with Crippen LogP contribution in [0.5, 0.6) is 5.75 Å². The summed E-state index contributed by atoms with van der Waals surface area (Å²) < 4.78 is 0. The maximum atomic E-state index is 12.2. The van der Waals surface area contributed by atoms with Gasteiger partial charge in [-0.25, -0.2) is 0 Å². The molecular formula is C18H16ClN3O2. The van der Waals surface area contributed by atoms with Crippen LogP contribution in [0.1, 0.15) is 11.1 Å². The number of aryl methyl sites for hydroxylation is 2. The highest BCUT2D eigenvalue weighted by Crippen LogP contribution is 2.27. The topological polar surface area (TPSA) is 85.2 Å². The van der Waals surface area contributed by atoms with E-state index in [4.69, 9.17) is 11.6 Å². The first kappa shape index (κ1) is 17.4. The number of benzene rings is 2. The van der Waals surface area contributed by atoms with Gasteiger partial charge in [-0.15, -0.1) is 0 Å². The number of halogens is 1. The number of carbonyl (C=O) groups is 1. The summed E-state index contributed by atoms with van der Waals surface area (Å²) in [4.78, 5) is 12.2. The smallest absolute Gasteiger partial charge is 0.267 e. The van der Waals surface area contributed by atoms with Gasteiger partial charge in [-0.2, -0.15) is 5.26 Å². The van der Waals surface area contributed by atoms with Gasteiger partial charge < -0.3 is 15.7 Å². The first-order chi connectivity index (χ1) is 11.4. The molecule has 0 spiro atoms. The quantitative estimate of drug-likeness (QED) is 0.443. The van der Waals surface area contributed by atoms with E-state index in [1.54, 1.807) is 18.2 Å². The van der Waals surface area contributed by atoms with Gasteiger partial charge in [-0.1, -0.05) is 29.8 Å². The number of phenolic OH excluding ortho intramolecular Hbond substituents is 1. The fourth-order valence-corrected chi connectivity index (χ4v) is 2.54. The number of para-hydroxylation sites is 2. The molecule has 0 radical (unpaired) electrons. The Kier molecular flexibility index (Phi) is 5.46. The van der Waals surface area contributed by atoms with Gasteiger partial charge in [0.15, 0.2) is 0 Å². The number of amides is 1. The molecule has 0 aliphatic carbocycles. The number of nitrogens with one attached hydrogen (secondary N) is 2. The number of hydrogen-bond acceptors (Lipinski definition) is 4. The van der Waals surface area contributed by atoms with Gasteiger partial charge in [-0.05, 0) is 43.2 Å². The summed E-state index contributed by atoms with van der Waals surface area (Å²) in [5.41, 5.74) is 2.63. The molecule has 122 valence electrons. The van der Waals surface area contributed by atoms with E-state index in [0.29, 0.717) is 10.7 Å². The standard InChI is InChI=1S/C18H16ClN3O2/c1-11-7-12(2)17(14(19)8-11)21-10-13(9-20)18(24)22-15-5-3-4-6-16(15)23/h3-8,10,21,23H,1-2H3,(H,22,24)/b13-10-. The van der Waals surface area contributed by atoms with E-state index in [2.05, 4.69) is 10.6 Å². The summed E-state index contributed by atoms with van der Waals surface area (Å²) in [6.07, 6.45) is 1.29. The second kappa shape index (κ2) is 7.53. The lowest BCUT2D eigenvalue weighted by Gasteiger charge is -2.10. The zero-order chi connectivity index (χ0) is 17.7. The van der Waals surface area contributed by atoms with Crippen LogP contribution in [0.2, 0.25) is 5.02 Å². The molecule has 0 aliphatic heterocycles. The Labute approximate surface area is 145 Å². The first-order valence-corrected chi connectivity index (χ1v) is 7.53. The average Bonchev–Trinajstić information content (AvgIpc) is 2.52. The summed E-state index contributed by atoms with van der Waals surface area (Å²) in [5.74, 6) is -0.707. The molecule has 5 nitrogen and oxygen atoms in total. The zero-order valence-corrected chi connectivity index (χ0v) is 14.0. The van der Waals surface area contributed by atoms with Gasteiger partial charge in [0.25, 0.3) is 5.91 Å². The zero-order valence-electron chi connectivity index (χ0n) is 13.2. The predicted molar refractivity (Wildman–Crippen MR) is 95.0 cm³/mol. The van der Waals surface area contributed by atoms with Crippen LogP contribution < -0.4 is 10.6 Å². The molecule has 0 bridgehead atoms. The van der Waals surface area contributed by atoms with E-state index in [0.717, 1.165) is 11.1 Å². The largest absolute Gasteiger partial charge is 0.506 e. The van der Waals surface area contributed by atoms with Crippen molar-refractivity contribution in [3.8, 4) is 11.8 Å². The number of phenols is 1. The van der Waals surface area contributed by atoms with Crippen LogP contribution in [0.15, 0.2) is 48.2 Å². The average molecular weight is 342 g/mol. The Morgan fingerprint density at radius 3 is 2.62 bits per heavy atom. The number of nitrogens with zero attached hydrogens (tertiary/aromatic N) is 1. The molecule has 2 rings (SSSR count). The van der Waals surface area contributed by atoms with Crippen LogP contribution in [-0.2, 0) is 4.79 Å². The molecule has 0 aromatic heterocycles. The monoisotopic (exact) mass is 341 g/mol. The van der Waals surface area contributed by atoms with E-state index in [9.17, 15) is 15.2 Å². The van der Waals surface area contributed by atoms with E-state index in [-0.39, 0.29) is 17.0 Å². The summed E-state index contributed by atoms with van der Waals surface area (Å²) in [5, 5.41) is 24.7. The molecule has 24 heavy (non-hydrogen) atoms. The molecule has 3 N–H and O–H groups in total. The Bertz CT molecular complexity index is 831. The SMILES string of the molecule is Cc1cc(C)c(N/C=C(/C#N)C(=O)Nc2ccccc2O)c(Cl)c1. The summed E-state index contributed by atoms with van der Waals surface area (Å²) in [6, 6.07) is 11.8. The van der Waals surface area contributed by atoms with Crippen LogP contribution >= 0.6 is 11.6 Å². The molecule has 2 aromatic carbocycles. The molecule has 0 unspecified atom stereocenters. The lowest BCUT2D eigenvalue weighted by atomic mass is 10.1. The van der Waals surface area contributed by atoms with Crippen molar-refractivity contribution in [2.75, 3.05) is 10.6 Å². The minimum atomic E-state index is -0.632. The second-order valence-corrected chi connectivity index (χ2v) is 5.63. The van der Waals surface area contributed by atoms with Crippen molar-refractivity contribution >= 4 is 28.9 Å². The molecule has 0 aliphatic rings. The second-order valence-electron chi connectivity index (χ2n) is 5.22. The van der Waals surface area contributed by atoms with Gasteiger partial charge >= 0.3 is 0 Å². The van der Waals surface area contributed by atoms with Crippen molar-refractivity contribution in [2.45, 2.75) is 13.8 Å². The van der Waals surface area contributed by atoms with Crippen molar-refractivity contribution in [1.82, 2.24) is 0 Å². The van der Waals surface area contributed by atoms with Crippen molar-refractivity contribution < 1.29 is 9.90 Å². The highest BCUT2D eigenvalue weighted by molar-refractivity contribution is 6.33. The normalized spacial score (nSPS) is 10.8. The number of hydrogen-bond donors (Lipinski definition) is 3. The molecule has 2 aromatic rings. The van der Waals surface area contributed by atoms with Crippen molar-refractivity contribution in [3.63, 3.8) is 0 Å². The van der Waals surface area contributed by atoms with Crippen molar-refractivity contribution in [3.05, 3.63) is 64.3 Å². The van der Waals surface area contributed by atoms with Gasteiger partial charge in [0.05, 0.1) is 16.4 Å². The van der Waals surface area contributed by atoms with Crippen molar-refractivity contribution in [1.29, 1.82) is 5.26 Å². The number of rotatable bonds is 4. The third kappa shape index (κ3) is 4.06. The van der Waals surface area contributed by atoms with Crippen LogP contribution in [0, 0.1) is 25.2 Å². The van der Waals surface area contributed by atoms with Crippen LogP contribution in [0.3, 0.4) is 0 Å². The lowest BCUT2D eigenvalue weighted by Crippen LogP contribution is -2.14. The summed E-state index contributed by atoms with van der Waals surface area (Å²) >= 11 is 6.18. The Balaban J connectivity index is 2.20. The first-order valence-electron chi connectivity index (χ1n) is 7.15. The summed E-state index contributed by atoms with van der Waals surface area (Å²) in [7, 11) is 0. The predicted octanol–water partition coefficient (Wildman–Crippen LogP) is 4.12. The fourth-order valence-electron chi connectivity index (χ4n) is 2.16. The van der Waals surface area contributed by atoms with Crippen LogP contribution in [0.4, 0.5) is 11.4 Å². The molecule has 0 fully saturated rings. The molecule has 6 heteroatoms. The van der Waals surface area contributed by atoms with E-state index < -0.39 is 5.91 Å². The molecular weight excluding hydrogens is 326 g/mol. The molecule has 0 atom stereocenters. The Hall–Kier alpha value is -2.97. The van der Waals surface area contributed by atoms with Crippen molar-refractivity contribution in [2.24, 2.45) is 0 Å². The summed E-state index contributed by atoms with van der Waals surface area (Å²) in [6.45, 7) is 3.81. The molecule has 0 saturated heterocycles. The van der Waals surface area contributed by atoms with Crippen LogP contribution in [0.25, 0.3) is 0 Å². The lowest BCUT2D eigenvalue weighted by molar-refractivity contribution is -0.112. The molecule has 0 heterocycles. The van der Waals surface area contributed by atoms with Gasteiger partial charge in [0.1, 0.15) is 17.4 Å². The third-order valence-electron chi connectivity index (χ3n) is 3.31. The van der Waals surface area contributed by atoms with E-state index in [1.165, 1.54) is 18.3 Å². The number of aromatic hydroxyl groups is 1. The maximum absolute atomic E-state index is 12.2. The maximum Gasteiger partial charge on any atom is 0.267 e. The third-order valence-corrected chi connectivity index (χ3v) is 3.61. The van der Waals surface area contributed by atoms with Gasteiger partial charge in [0, 0.05) is 6.20 Å². The number of nitriles is 1. The highest BCUT2D eigenvalue weighted by Gasteiger charge is 2.12. The van der Waals surface area contributed by atoms with Crippen LogP contribution in [-0.4, -0.2) is 11.0 Å².